The Morgan fingerprint density at radius 3 is 2.69 bits per heavy atom. The molecular formula is C13H21FN2. The SMILES string of the molecule is CCNC(Cc1cccc(F)c1)CN(C)C. The van der Waals surface area contributed by atoms with Crippen LogP contribution in [-0.2, 0) is 6.42 Å². The molecule has 0 aliphatic rings. The molecule has 1 aromatic carbocycles. The molecule has 0 aliphatic heterocycles. The van der Waals surface area contributed by atoms with E-state index < -0.39 is 0 Å². The summed E-state index contributed by atoms with van der Waals surface area (Å²) >= 11 is 0. The first-order chi connectivity index (χ1) is 7.61. The van der Waals surface area contributed by atoms with Crippen LogP contribution in [0.4, 0.5) is 4.39 Å². The minimum absolute atomic E-state index is 0.155. The first kappa shape index (κ1) is 13.1. The molecule has 2 nitrogen and oxygen atoms in total. The molecular weight excluding hydrogens is 203 g/mol. The normalized spacial score (nSPS) is 13.1. The van der Waals surface area contributed by atoms with Gasteiger partial charge in [0.25, 0.3) is 0 Å². The molecule has 3 heteroatoms. The minimum atomic E-state index is -0.155. The van der Waals surface area contributed by atoms with Crippen molar-refractivity contribution in [3.63, 3.8) is 0 Å². The second kappa shape index (κ2) is 6.61. The Labute approximate surface area is 97.5 Å². The summed E-state index contributed by atoms with van der Waals surface area (Å²) in [4.78, 5) is 2.15. The first-order valence-electron chi connectivity index (χ1n) is 5.74. The highest BCUT2D eigenvalue weighted by atomic mass is 19.1. The monoisotopic (exact) mass is 224 g/mol. The molecule has 90 valence electrons. The van der Waals surface area contributed by atoms with Crippen LogP contribution in [0.3, 0.4) is 0 Å². The summed E-state index contributed by atoms with van der Waals surface area (Å²) in [5, 5.41) is 3.42. The van der Waals surface area contributed by atoms with Crippen LogP contribution in [0, 0.1) is 5.82 Å². The Hall–Kier alpha value is -0.930. The maximum absolute atomic E-state index is 13.0. The van der Waals surface area contributed by atoms with E-state index in [4.69, 9.17) is 0 Å². The molecule has 1 rings (SSSR count). The van der Waals surface area contributed by atoms with E-state index in [0.717, 1.165) is 25.1 Å². The van der Waals surface area contributed by atoms with Crippen LogP contribution in [0.25, 0.3) is 0 Å². The van der Waals surface area contributed by atoms with Crippen molar-refractivity contribution in [1.29, 1.82) is 0 Å². The van der Waals surface area contributed by atoms with Gasteiger partial charge < -0.3 is 10.2 Å². The number of halogens is 1. The number of likely N-dealkylation sites (N-methyl/N-ethyl adjacent to an activating group) is 2. The van der Waals surface area contributed by atoms with Crippen molar-refractivity contribution < 1.29 is 4.39 Å². The number of nitrogens with one attached hydrogen (secondary N) is 1. The van der Waals surface area contributed by atoms with E-state index in [1.54, 1.807) is 12.1 Å². The molecule has 1 aromatic rings. The summed E-state index contributed by atoms with van der Waals surface area (Å²) in [6, 6.07) is 7.21. The topological polar surface area (TPSA) is 15.3 Å². The molecule has 0 spiro atoms. The fourth-order valence-corrected chi connectivity index (χ4v) is 1.88. The average molecular weight is 224 g/mol. The third-order valence-corrected chi connectivity index (χ3v) is 2.45. The molecule has 0 fully saturated rings. The summed E-state index contributed by atoms with van der Waals surface area (Å²) in [6.07, 6.45) is 0.865. The van der Waals surface area contributed by atoms with Crippen LogP contribution in [0.1, 0.15) is 12.5 Å². The maximum atomic E-state index is 13.0. The van der Waals surface area contributed by atoms with E-state index in [9.17, 15) is 4.39 Å². The Bertz CT molecular complexity index is 313. The smallest absolute Gasteiger partial charge is 0.123 e. The zero-order chi connectivity index (χ0) is 12.0. The molecule has 0 radical (unpaired) electrons. The molecule has 0 saturated carbocycles. The molecule has 0 heterocycles. The molecule has 1 unspecified atom stereocenters. The van der Waals surface area contributed by atoms with E-state index in [0.29, 0.717) is 6.04 Å². The van der Waals surface area contributed by atoms with Gasteiger partial charge in [0, 0.05) is 12.6 Å². The molecule has 16 heavy (non-hydrogen) atoms. The maximum Gasteiger partial charge on any atom is 0.123 e. The average Bonchev–Trinajstić information content (AvgIpc) is 2.16. The number of hydrogen-bond donors (Lipinski definition) is 1. The molecule has 0 aromatic heterocycles. The van der Waals surface area contributed by atoms with Crippen LogP contribution in [0.2, 0.25) is 0 Å². The number of benzene rings is 1. The lowest BCUT2D eigenvalue weighted by Gasteiger charge is -2.21. The Morgan fingerprint density at radius 1 is 1.38 bits per heavy atom. The van der Waals surface area contributed by atoms with E-state index in [1.165, 1.54) is 6.07 Å². The van der Waals surface area contributed by atoms with Gasteiger partial charge in [-0.25, -0.2) is 4.39 Å². The van der Waals surface area contributed by atoms with Gasteiger partial charge in [-0.15, -0.1) is 0 Å². The fourth-order valence-electron chi connectivity index (χ4n) is 1.88. The summed E-state index contributed by atoms with van der Waals surface area (Å²) in [7, 11) is 4.10. The Balaban J connectivity index is 2.60. The standard InChI is InChI=1S/C13H21FN2/c1-4-15-13(10-16(2)3)9-11-6-5-7-12(14)8-11/h5-8,13,15H,4,9-10H2,1-3H3. The summed E-state index contributed by atoms with van der Waals surface area (Å²) in [6.45, 7) is 3.99. The first-order valence-corrected chi connectivity index (χ1v) is 5.74. The van der Waals surface area contributed by atoms with Gasteiger partial charge in [-0.3, -0.25) is 0 Å². The number of rotatable bonds is 6. The molecule has 0 saturated heterocycles. The van der Waals surface area contributed by atoms with Gasteiger partial charge in [0.15, 0.2) is 0 Å². The van der Waals surface area contributed by atoms with Crippen LogP contribution >= 0.6 is 0 Å². The predicted molar refractivity (Wildman–Crippen MR) is 66.1 cm³/mol. The van der Waals surface area contributed by atoms with Crippen molar-refractivity contribution in [2.75, 3.05) is 27.2 Å². The van der Waals surface area contributed by atoms with Crippen LogP contribution in [0.15, 0.2) is 24.3 Å². The lowest BCUT2D eigenvalue weighted by atomic mass is 10.1. The molecule has 0 bridgehead atoms. The highest BCUT2D eigenvalue weighted by Gasteiger charge is 2.09. The van der Waals surface area contributed by atoms with E-state index in [2.05, 4.69) is 31.2 Å². The lowest BCUT2D eigenvalue weighted by Crippen LogP contribution is -2.39. The van der Waals surface area contributed by atoms with Crippen molar-refractivity contribution in [3.05, 3.63) is 35.6 Å². The largest absolute Gasteiger partial charge is 0.313 e. The van der Waals surface area contributed by atoms with Crippen molar-refractivity contribution in [3.8, 4) is 0 Å². The summed E-state index contributed by atoms with van der Waals surface area (Å²) < 4.78 is 13.0. The quantitative estimate of drug-likeness (QED) is 0.794. The highest BCUT2D eigenvalue weighted by Crippen LogP contribution is 2.07. The van der Waals surface area contributed by atoms with Gasteiger partial charge in [-0.05, 0) is 44.8 Å². The van der Waals surface area contributed by atoms with Crippen molar-refractivity contribution in [2.45, 2.75) is 19.4 Å². The zero-order valence-corrected chi connectivity index (χ0v) is 10.3. The third kappa shape index (κ3) is 4.73. The Morgan fingerprint density at radius 2 is 2.12 bits per heavy atom. The number of nitrogens with zero attached hydrogens (tertiary/aromatic N) is 1. The van der Waals surface area contributed by atoms with Crippen molar-refractivity contribution in [2.24, 2.45) is 0 Å². The molecule has 1 atom stereocenters. The zero-order valence-electron chi connectivity index (χ0n) is 10.3. The van der Waals surface area contributed by atoms with Crippen molar-refractivity contribution in [1.82, 2.24) is 10.2 Å². The summed E-state index contributed by atoms with van der Waals surface area (Å²) in [5.41, 5.74) is 1.05. The third-order valence-electron chi connectivity index (χ3n) is 2.45. The van der Waals surface area contributed by atoms with Crippen LogP contribution < -0.4 is 5.32 Å². The van der Waals surface area contributed by atoms with Gasteiger partial charge in [0.2, 0.25) is 0 Å². The van der Waals surface area contributed by atoms with Gasteiger partial charge >= 0.3 is 0 Å². The second-order valence-corrected chi connectivity index (χ2v) is 4.35. The molecule has 1 N–H and O–H groups in total. The minimum Gasteiger partial charge on any atom is -0.313 e. The van der Waals surface area contributed by atoms with Crippen molar-refractivity contribution >= 4 is 0 Å². The Kier molecular flexibility index (Phi) is 5.43. The second-order valence-electron chi connectivity index (χ2n) is 4.35. The van der Waals surface area contributed by atoms with E-state index in [-0.39, 0.29) is 5.82 Å². The van der Waals surface area contributed by atoms with Gasteiger partial charge in [0.05, 0.1) is 0 Å². The van der Waals surface area contributed by atoms with Gasteiger partial charge in [-0.1, -0.05) is 19.1 Å². The summed E-state index contributed by atoms with van der Waals surface area (Å²) in [5.74, 6) is -0.155. The molecule has 0 aliphatic carbocycles. The highest BCUT2D eigenvalue weighted by molar-refractivity contribution is 5.17. The fraction of sp³-hybridized carbons (Fsp3) is 0.538. The molecule has 0 amide bonds. The van der Waals surface area contributed by atoms with Gasteiger partial charge in [-0.2, -0.15) is 0 Å². The van der Waals surface area contributed by atoms with E-state index >= 15 is 0 Å². The number of hydrogen-bond acceptors (Lipinski definition) is 2. The predicted octanol–water partition coefficient (Wildman–Crippen LogP) is 1.91. The van der Waals surface area contributed by atoms with Crippen LogP contribution in [0.5, 0.6) is 0 Å². The van der Waals surface area contributed by atoms with Gasteiger partial charge in [0.1, 0.15) is 5.82 Å². The lowest BCUT2D eigenvalue weighted by molar-refractivity contribution is 0.339. The van der Waals surface area contributed by atoms with Crippen LogP contribution in [-0.4, -0.2) is 38.1 Å². The van der Waals surface area contributed by atoms with E-state index in [1.807, 2.05) is 6.07 Å².